The van der Waals surface area contributed by atoms with Crippen molar-refractivity contribution in [3.63, 3.8) is 0 Å². The molecule has 0 aromatic heterocycles. The van der Waals surface area contributed by atoms with Gasteiger partial charge in [-0.1, -0.05) is 13.8 Å². The van der Waals surface area contributed by atoms with E-state index in [2.05, 4.69) is 13.8 Å². The number of carbonyl (C=O) groups is 1. The molecule has 1 saturated heterocycles. The average Bonchev–Trinajstić information content (AvgIpc) is 2.58. The molecule has 0 aromatic carbocycles. The Balaban J connectivity index is 1.86. The highest BCUT2D eigenvalue weighted by atomic mass is 16.2. The van der Waals surface area contributed by atoms with Gasteiger partial charge in [0.15, 0.2) is 0 Å². The molecular weight excluding hydrogens is 200 g/mol. The van der Waals surface area contributed by atoms with Crippen molar-refractivity contribution in [1.29, 1.82) is 0 Å². The summed E-state index contributed by atoms with van der Waals surface area (Å²) in [5, 5.41) is 0. The number of hydrogen-bond donors (Lipinski definition) is 0. The summed E-state index contributed by atoms with van der Waals surface area (Å²) in [5.41, 5.74) is 0.487. The van der Waals surface area contributed by atoms with E-state index < -0.39 is 0 Å². The lowest BCUT2D eigenvalue weighted by Gasteiger charge is -2.49. The van der Waals surface area contributed by atoms with Crippen molar-refractivity contribution in [2.75, 3.05) is 27.2 Å². The van der Waals surface area contributed by atoms with Crippen molar-refractivity contribution >= 4 is 6.03 Å². The summed E-state index contributed by atoms with van der Waals surface area (Å²) in [4.78, 5) is 15.4. The zero-order valence-corrected chi connectivity index (χ0v) is 11.0. The number of amides is 2. The van der Waals surface area contributed by atoms with Gasteiger partial charge in [0.25, 0.3) is 0 Å². The minimum absolute atomic E-state index is 0.179. The highest BCUT2D eigenvalue weighted by Crippen LogP contribution is 2.50. The first-order chi connectivity index (χ1) is 7.43. The molecule has 3 nitrogen and oxygen atoms in total. The number of nitrogens with zero attached hydrogens (tertiary/aromatic N) is 2. The van der Waals surface area contributed by atoms with Gasteiger partial charge in [0.1, 0.15) is 0 Å². The molecule has 0 radical (unpaired) electrons. The van der Waals surface area contributed by atoms with Gasteiger partial charge >= 0.3 is 6.03 Å². The van der Waals surface area contributed by atoms with E-state index in [1.165, 1.54) is 19.3 Å². The van der Waals surface area contributed by atoms with Crippen LogP contribution in [0.2, 0.25) is 0 Å². The fraction of sp³-hybridized carbons (Fsp3) is 0.923. The van der Waals surface area contributed by atoms with Crippen molar-refractivity contribution in [3.05, 3.63) is 0 Å². The van der Waals surface area contributed by atoms with E-state index in [1.807, 2.05) is 19.0 Å². The van der Waals surface area contributed by atoms with E-state index in [1.54, 1.807) is 4.90 Å². The Bertz CT molecular complexity index is 280. The zero-order chi connectivity index (χ0) is 11.9. The van der Waals surface area contributed by atoms with E-state index in [9.17, 15) is 4.79 Å². The van der Waals surface area contributed by atoms with Crippen LogP contribution in [0, 0.1) is 17.3 Å². The fourth-order valence-corrected chi connectivity index (χ4v) is 3.29. The Morgan fingerprint density at radius 1 is 1.38 bits per heavy atom. The van der Waals surface area contributed by atoms with Crippen LogP contribution in [0.4, 0.5) is 4.79 Å². The topological polar surface area (TPSA) is 23.6 Å². The predicted molar refractivity (Wildman–Crippen MR) is 65.3 cm³/mol. The molecule has 1 unspecified atom stereocenters. The molecule has 1 heterocycles. The third-order valence-electron chi connectivity index (χ3n) is 4.39. The van der Waals surface area contributed by atoms with Crippen LogP contribution < -0.4 is 0 Å². The van der Waals surface area contributed by atoms with E-state index >= 15 is 0 Å². The van der Waals surface area contributed by atoms with Gasteiger partial charge in [-0.3, -0.25) is 0 Å². The molecule has 1 aliphatic carbocycles. The maximum absolute atomic E-state index is 11.7. The van der Waals surface area contributed by atoms with Gasteiger partial charge in [-0.15, -0.1) is 0 Å². The number of hydrogen-bond acceptors (Lipinski definition) is 1. The van der Waals surface area contributed by atoms with Crippen LogP contribution in [0.5, 0.6) is 0 Å². The molecule has 1 aliphatic heterocycles. The smallest absolute Gasteiger partial charge is 0.319 e. The van der Waals surface area contributed by atoms with E-state index in [4.69, 9.17) is 0 Å². The monoisotopic (exact) mass is 224 g/mol. The maximum atomic E-state index is 11.7. The summed E-state index contributed by atoms with van der Waals surface area (Å²) in [6.07, 6.45) is 4.02. The second-order valence-electron chi connectivity index (χ2n) is 6.28. The van der Waals surface area contributed by atoms with Gasteiger partial charge in [-0.2, -0.15) is 0 Å². The Morgan fingerprint density at radius 3 is 2.44 bits per heavy atom. The van der Waals surface area contributed by atoms with E-state index in [-0.39, 0.29) is 6.03 Å². The van der Waals surface area contributed by atoms with Crippen LogP contribution >= 0.6 is 0 Å². The molecule has 3 heteroatoms. The molecule has 1 saturated carbocycles. The van der Waals surface area contributed by atoms with Crippen LogP contribution in [0.3, 0.4) is 0 Å². The Morgan fingerprint density at radius 2 is 2.00 bits per heavy atom. The molecule has 16 heavy (non-hydrogen) atoms. The van der Waals surface area contributed by atoms with E-state index in [0.29, 0.717) is 5.41 Å². The normalized spacial score (nSPS) is 27.3. The van der Waals surface area contributed by atoms with Crippen LogP contribution in [-0.4, -0.2) is 43.0 Å². The standard InChI is InChI=1S/C13H24N2O/c1-10(2)11-5-6-13(7-11)8-15(9-13)12(16)14(3)4/h10-11H,5-9H2,1-4H3. The SMILES string of the molecule is CC(C)C1CCC2(C1)CN(C(=O)N(C)C)C2. The van der Waals surface area contributed by atoms with Gasteiger partial charge in [-0.25, -0.2) is 4.79 Å². The predicted octanol–water partition coefficient (Wildman–Crippen LogP) is 2.43. The lowest BCUT2D eigenvalue weighted by Crippen LogP contribution is -2.59. The molecule has 92 valence electrons. The van der Waals surface area contributed by atoms with Gasteiger partial charge in [0.2, 0.25) is 0 Å². The second-order valence-corrected chi connectivity index (χ2v) is 6.28. The third-order valence-corrected chi connectivity index (χ3v) is 4.39. The number of rotatable bonds is 1. The summed E-state index contributed by atoms with van der Waals surface area (Å²) >= 11 is 0. The third kappa shape index (κ3) is 1.92. The Kier molecular flexibility index (Phi) is 2.89. The molecule has 1 spiro atoms. The molecular formula is C13H24N2O. The first kappa shape index (κ1) is 11.7. The molecule has 0 bridgehead atoms. The molecule has 2 aliphatic rings. The highest BCUT2D eigenvalue weighted by molar-refractivity contribution is 5.75. The van der Waals surface area contributed by atoms with E-state index in [0.717, 1.165) is 24.9 Å². The summed E-state index contributed by atoms with van der Waals surface area (Å²) in [6.45, 7) is 6.64. The fourth-order valence-electron chi connectivity index (χ4n) is 3.29. The molecule has 0 N–H and O–H groups in total. The van der Waals surface area contributed by atoms with Crippen LogP contribution in [0.15, 0.2) is 0 Å². The minimum Gasteiger partial charge on any atom is -0.331 e. The molecule has 2 rings (SSSR count). The zero-order valence-electron chi connectivity index (χ0n) is 11.0. The van der Waals surface area contributed by atoms with Crippen molar-refractivity contribution in [3.8, 4) is 0 Å². The minimum atomic E-state index is 0.179. The van der Waals surface area contributed by atoms with Crippen molar-refractivity contribution < 1.29 is 4.79 Å². The molecule has 2 amide bonds. The van der Waals surface area contributed by atoms with Crippen molar-refractivity contribution in [1.82, 2.24) is 9.80 Å². The quantitative estimate of drug-likeness (QED) is 0.671. The van der Waals surface area contributed by atoms with Gasteiger partial charge in [0, 0.05) is 32.6 Å². The summed E-state index contributed by atoms with van der Waals surface area (Å²) in [5.74, 6) is 1.69. The lowest BCUT2D eigenvalue weighted by atomic mass is 9.77. The Hall–Kier alpha value is -0.730. The van der Waals surface area contributed by atoms with Gasteiger partial charge in [-0.05, 0) is 31.1 Å². The number of likely N-dealkylation sites (tertiary alicyclic amines) is 1. The van der Waals surface area contributed by atoms with Crippen molar-refractivity contribution in [2.24, 2.45) is 17.3 Å². The maximum Gasteiger partial charge on any atom is 0.319 e. The second kappa shape index (κ2) is 3.94. The summed E-state index contributed by atoms with van der Waals surface area (Å²) in [7, 11) is 3.66. The lowest BCUT2D eigenvalue weighted by molar-refractivity contribution is 0.0222. The molecule has 0 aromatic rings. The van der Waals surface area contributed by atoms with Gasteiger partial charge < -0.3 is 9.80 Å². The van der Waals surface area contributed by atoms with Crippen LogP contribution in [-0.2, 0) is 0 Å². The van der Waals surface area contributed by atoms with Crippen LogP contribution in [0.1, 0.15) is 33.1 Å². The summed E-state index contributed by atoms with van der Waals surface area (Å²) < 4.78 is 0. The first-order valence-electron chi connectivity index (χ1n) is 6.40. The first-order valence-corrected chi connectivity index (χ1v) is 6.40. The summed E-state index contributed by atoms with van der Waals surface area (Å²) in [6, 6.07) is 0.179. The largest absolute Gasteiger partial charge is 0.331 e. The van der Waals surface area contributed by atoms with Crippen molar-refractivity contribution in [2.45, 2.75) is 33.1 Å². The molecule has 1 atom stereocenters. The number of urea groups is 1. The number of carbonyl (C=O) groups excluding carboxylic acids is 1. The van der Waals surface area contributed by atoms with Gasteiger partial charge in [0.05, 0.1) is 0 Å². The highest BCUT2D eigenvalue weighted by Gasteiger charge is 2.50. The molecule has 2 fully saturated rings. The average molecular weight is 224 g/mol. The Labute approximate surface area is 98.8 Å². The van der Waals surface area contributed by atoms with Crippen LogP contribution in [0.25, 0.3) is 0 Å².